The summed E-state index contributed by atoms with van der Waals surface area (Å²) in [5, 5.41) is 11.7. The van der Waals surface area contributed by atoms with Gasteiger partial charge in [-0.15, -0.1) is 0 Å². The lowest BCUT2D eigenvalue weighted by molar-refractivity contribution is -0.140. The van der Waals surface area contributed by atoms with E-state index in [-0.39, 0.29) is 17.9 Å². The third-order valence-electron chi connectivity index (χ3n) is 3.86. The van der Waals surface area contributed by atoms with Crippen molar-refractivity contribution < 1.29 is 19.4 Å². The van der Waals surface area contributed by atoms with Crippen LogP contribution in [0.4, 0.5) is 0 Å². The Morgan fingerprint density at radius 3 is 2.52 bits per heavy atom. The number of aryl methyl sites for hydroxylation is 1. The summed E-state index contributed by atoms with van der Waals surface area (Å²) in [6, 6.07) is 7.89. The number of carboxylic acid groups (broad SMARTS) is 1. The van der Waals surface area contributed by atoms with Crippen LogP contribution in [0.3, 0.4) is 0 Å². The summed E-state index contributed by atoms with van der Waals surface area (Å²) in [6.07, 6.45) is 2.15. The zero-order valence-electron chi connectivity index (χ0n) is 12.3. The second kappa shape index (κ2) is 6.61. The molecule has 2 N–H and O–H groups in total. The summed E-state index contributed by atoms with van der Waals surface area (Å²) < 4.78 is 5.11. The lowest BCUT2D eigenvalue weighted by Crippen LogP contribution is -2.34. The molecule has 1 aliphatic rings. The van der Waals surface area contributed by atoms with Crippen molar-refractivity contribution in [1.29, 1.82) is 0 Å². The number of nitrogens with one attached hydrogen (secondary N) is 1. The molecule has 0 spiro atoms. The van der Waals surface area contributed by atoms with E-state index in [1.54, 1.807) is 7.11 Å². The normalized spacial score (nSPS) is 21.4. The highest BCUT2D eigenvalue weighted by atomic mass is 16.5. The average molecular weight is 291 g/mol. The maximum absolute atomic E-state index is 11.8. The molecule has 114 valence electrons. The van der Waals surface area contributed by atoms with Crippen molar-refractivity contribution in [3.63, 3.8) is 0 Å². The van der Waals surface area contributed by atoms with Crippen molar-refractivity contribution >= 4 is 11.9 Å². The van der Waals surface area contributed by atoms with Crippen molar-refractivity contribution in [2.24, 2.45) is 11.8 Å². The second-order valence-corrected chi connectivity index (χ2v) is 5.58. The molecule has 0 heterocycles. The van der Waals surface area contributed by atoms with Gasteiger partial charge in [-0.3, -0.25) is 9.59 Å². The standard InChI is InChI=1S/C16H21NO4/c1-10(17-15(18)13-9-14(13)16(19)20)3-4-11-5-7-12(21-2)8-6-11/h5-8,10,13-14H,3-4,9H2,1-2H3,(H,17,18)(H,19,20)/t10-,13-,14+/m0/s1. The van der Waals surface area contributed by atoms with Gasteiger partial charge in [-0.05, 0) is 43.9 Å². The molecule has 1 fully saturated rings. The van der Waals surface area contributed by atoms with E-state index in [0.717, 1.165) is 18.6 Å². The van der Waals surface area contributed by atoms with Gasteiger partial charge >= 0.3 is 5.97 Å². The van der Waals surface area contributed by atoms with E-state index in [0.29, 0.717) is 6.42 Å². The molecule has 5 heteroatoms. The number of methoxy groups -OCH3 is 1. The molecule has 1 aromatic carbocycles. The van der Waals surface area contributed by atoms with Gasteiger partial charge in [0.25, 0.3) is 0 Å². The lowest BCUT2D eigenvalue weighted by atomic mass is 10.1. The van der Waals surface area contributed by atoms with Crippen molar-refractivity contribution in [3.05, 3.63) is 29.8 Å². The number of benzene rings is 1. The van der Waals surface area contributed by atoms with E-state index in [4.69, 9.17) is 9.84 Å². The van der Waals surface area contributed by atoms with Crippen molar-refractivity contribution in [2.75, 3.05) is 7.11 Å². The molecule has 0 unspecified atom stereocenters. The van der Waals surface area contributed by atoms with E-state index >= 15 is 0 Å². The zero-order chi connectivity index (χ0) is 15.4. The first kappa shape index (κ1) is 15.4. The van der Waals surface area contributed by atoms with Crippen LogP contribution in [0.15, 0.2) is 24.3 Å². The third kappa shape index (κ3) is 4.21. The monoisotopic (exact) mass is 291 g/mol. The van der Waals surface area contributed by atoms with Crippen molar-refractivity contribution in [1.82, 2.24) is 5.32 Å². The largest absolute Gasteiger partial charge is 0.497 e. The molecule has 1 aromatic rings. The van der Waals surface area contributed by atoms with Crippen LogP contribution in [0.1, 0.15) is 25.3 Å². The van der Waals surface area contributed by atoms with Crippen LogP contribution in [0, 0.1) is 11.8 Å². The Kier molecular flexibility index (Phi) is 4.83. The third-order valence-corrected chi connectivity index (χ3v) is 3.86. The number of rotatable bonds is 7. The van der Waals surface area contributed by atoms with E-state index in [9.17, 15) is 9.59 Å². The van der Waals surface area contributed by atoms with Gasteiger partial charge < -0.3 is 15.2 Å². The summed E-state index contributed by atoms with van der Waals surface area (Å²) >= 11 is 0. The summed E-state index contributed by atoms with van der Waals surface area (Å²) in [5.41, 5.74) is 1.19. The Hall–Kier alpha value is -2.04. The minimum Gasteiger partial charge on any atom is -0.497 e. The van der Waals surface area contributed by atoms with E-state index < -0.39 is 11.9 Å². The van der Waals surface area contributed by atoms with Gasteiger partial charge in [-0.1, -0.05) is 12.1 Å². The molecule has 1 saturated carbocycles. The summed E-state index contributed by atoms with van der Waals surface area (Å²) in [4.78, 5) is 22.6. The quantitative estimate of drug-likeness (QED) is 0.804. The van der Waals surface area contributed by atoms with Gasteiger partial charge in [0, 0.05) is 6.04 Å². The average Bonchev–Trinajstić information content (AvgIpc) is 3.26. The van der Waals surface area contributed by atoms with E-state index in [2.05, 4.69) is 5.32 Å². The predicted molar refractivity (Wildman–Crippen MR) is 78.2 cm³/mol. The molecular formula is C16H21NO4. The Balaban J connectivity index is 1.73. The van der Waals surface area contributed by atoms with Crippen LogP contribution in [-0.2, 0) is 16.0 Å². The van der Waals surface area contributed by atoms with Gasteiger partial charge in [0.2, 0.25) is 5.91 Å². The highest BCUT2D eigenvalue weighted by molar-refractivity contribution is 5.89. The van der Waals surface area contributed by atoms with Gasteiger partial charge in [0.1, 0.15) is 5.75 Å². The number of amides is 1. The topological polar surface area (TPSA) is 75.6 Å². The van der Waals surface area contributed by atoms with Crippen molar-refractivity contribution in [3.8, 4) is 5.75 Å². The van der Waals surface area contributed by atoms with Crippen LogP contribution in [0.5, 0.6) is 5.75 Å². The molecule has 0 radical (unpaired) electrons. The summed E-state index contributed by atoms with van der Waals surface area (Å²) in [6.45, 7) is 1.94. The van der Waals surface area contributed by atoms with E-state index in [1.165, 1.54) is 5.56 Å². The predicted octanol–water partition coefficient (Wildman–Crippen LogP) is 1.85. The molecule has 21 heavy (non-hydrogen) atoms. The SMILES string of the molecule is COc1ccc(CC[C@H](C)NC(=O)[C@H]2C[C@H]2C(=O)O)cc1. The number of carbonyl (C=O) groups excluding carboxylic acids is 1. The lowest BCUT2D eigenvalue weighted by Gasteiger charge is -2.14. The molecule has 1 amide bonds. The number of hydrogen-bond acceptors (Lipinski definition) is 3. The van der Waals surface area contributed by atoms with Crippen molar-refractivity contribution in [2.45, 2.75) is 32.2 Å². The van der Waals surface area contributed by atoms with E-state index in [1.807, 2.05) is 31.2 Å². The molecule has 0 aliphatic heterocycles. The van der Waals surface area contributed by atoms with Gasteiger partial charge in [0.15, 0.2) is 0 Å². The molecule has 0 saturated heterocycles. The molecule has 3 atom stereocenters. The number of ether oxygens (including phenoxy) is 1. The zero-order valence-corrected chi connectivity index (χ0v) is 12.3. The Morgan fingerprint density at radius 2 is 2.00 bits per heavy atom. The number of aliphatic carboxylic acids is 1. The van der Waals surface area contributed by atoms with Gasteiger partial charge in [0.05, 0.1) is 18.9 Å². The fraction of sp³-hybridized carbons (Fsp3) is 0.500. The summed E-state index contributed by atoms with van der Waals surface area (Å²) in [7, 11) is 1.63. The summed E-state index contributed by atoms with van der Waals surface area (Å²) in [5.74, 6) is -1.01. The first-order valence-electron chi connectivity index (χ1n) is 7.17. The molecule has 0 bridgehead atoms. The molecular weight excluding hydrogens is 270 g/mol. The number of carboxylic acids is 1. The maximum Gasteiger partial charge on any atom is 0.307 e. The highest BCUT2D eigenvalue weighted by Crippen LogP contribution is 2.38. The molecule has 0 aromatic heterocycles. The maximum atomic E-state index is 11.8. The Bertz CT molecular complexity index is 512. The minimum absolute atomic E-state index is 0.0367. The fourth-order valence-corrected chi connectivity index (χ4v) is 2.36. The first-order chi connectivity index (χ1) is 10.0. The van der Waals surface area contributed by atoms with Gasteiger partial charge in [-0.2, -0.15) is 0 Å². The highest BCUT2D eigenvalue weighted by Gasteiger charge is 2.48. The minimum atomic E-state index is -0.874. The van der Waals surface area contributed by atoms with Crippen LogP contribution < -0.4 is 10.1 Å². The molecule has 2 rings (SSSR count). The number of hydrogen-bond donors (Lipinski definition) is 2. The molecule has 1 aliphatic carbocycles. The second-order valence-electron chi connectivity index (χ2n) is 5.58. The number of carbonyl (C=O) groups is 2. The Morgan fingerprint density at radius 1 is 1.33 bits per heavy atom. The fourth-order valence-electron chi connectivity index (χ4n) is 2.36. The van der Waals surface area contributed by atoms with Gasteiger partial charge in [-0.25, -0.2) is 0 Å². The van der Waals surface area contributed by atoms with Crippen LogP contribution in [0.25, 0.3) is 0 Å². The molecule has 5 nitrogen and oxygen atoms in total. The first-order valence-corrected chi connectivity index (χ1v) is 7.17. The van der Waals surface area contributed by atoms with Crippen LogP contribution in [0.2, 0.25) is 0 Å². The van der Waals surface area contributed by atoms with Crippen LogP contribution >= 0.6 is 0 Å². The Labute approximate surface area is 124 Å². The van der Waals surface area contributed by atoms with Crippen LogP contribution in [-0.4, -0.2) is 30.1 Å². The smallest absolute Gasteiger partial charge is 0.307 e.